The van der Waals surface area contributed by atoms with Crippen LogP contribution >= 0.6 is 0 Å². The molecule has 0 bridgehead atoms. The van der Waals surface area contributed by atoms with Gasteiger partial charge in [-0.15, -0.1) is 0 Å². The molecule has 8 heteroatoms. The third kappa shape index (κ3) is 4.69. The number of sulfone groups is 1. The molecule has 31 heavy (non-hydrogen) atoms. The first-order valence-electron chi connectivity index (χ1n) is 9.62. The van der Waals surface area contributed by atoms with Gasteiger partial charge in [-0.2, -0.15) is 13.2 Å². The van der Waals surface area contributed by atoms with Crippen LogP contribution in [0.2, 0.25) is 0 Å². The topological polar surface area (TPSA) is 46.6 Å². The summed E-state index contributed by atoms with van der Waals surface area (Å²) in [6, 6.07) is 17.1. The number of ether oxygens (including phenoxy) is 1. The average molecular weight is 447 g/mol. The molecule has 0 unspecified atom stereocenters. The lowest BCUT2D eigenvalue weighted by molar-refractivity contribution is -0.137. The van der Waals surface area contributed by atoms with Gasteiger partial charge in [-0.05, 0) is 60.5 Å². The minimum atomic E-state index is -4.39. The highest BCUT2D eigenvalue weighted by Gasteiger charge is 2.30. The van der Waals surface area contributed by atoms with Crippen molar-refractivity contribution >= 4 is 15.5 Å². The molecule has 3 aromatic carbocycles. The second kappa shape index (κ2) is 7.92. The van der Waals surface area contributed by atoms with Crippen molar-refractivity contribution in [2.45, 2.75) is 24.0 Å². The van der Waals surface area contributed by atoms with E-state index in [-0.39, 0.29) is 4.90 Å². The predicted molar refractivity (Wildman–Crippen MR) is 112 cm³/mol. The SMILES string of the molecule is CS(=O)(=O)c1cccc(N2CCc3c(cccc3Oc3ccc(C(F)(F)F)cc3)C2)c1. The lowest BCUT2D eigenvalue weighted by Gasteiger charge is -2.32. The standard InChI is InChI=1S/C23H20F3NO3S/c1-31(28,29)20-6-3-5-18(14-20)27-13-12-21-16(15-27)4-2-7-22(21)30-19-10-8-17(9-11-19)23(24,25)26/h2-11,14H,12-13,15H2,1H3. The number of halogens is 3. The van der Waals surface area contributed by atoms with Crippen LogP contribution in [0.15, 0.2) is 71.6 Å². The molecular formula is C23H20F3NO3S. The minimum Gasteiger partial charge on any atom is -0.457 e. The van der Waals surface area contributed by atoms with Crippen molar-refractivity contribution in [2.24, 2.45) is 0 Å². The minimum absolute atomic E-state index is 0.273. The number of hydrogen-bond donors (Lipinski definition) is 0. The number of nitrogens with zero attached hydrogens (tertiary/aromatic N) is 1. The van der Waals surface area contributed by atoms with Crippen LogP contribution in [-0.4, -0.2) is 21.2 Å². The number of benzene rings is 3. The Balaban J connectivity index is 1.56. The van der Waals surface area contributed by atoms with E-state index in [9.17, 15) is 21.6 Å². The normalized spacial score (nSPS) is 14.3. The summed E-state index contributed by atoms with van der Waals surface area (Å²) < 4.78 is 67.9. The number of fused-ring (bicyclic) bond motifs is 1. The summed E-state index contributed by atoms with van der Waals surface area (Å²) in [5.41, 5.74) is 2.13. The highest BCUT2D eigenvalue weighted by Crippen LogP contribution is 2.35. The first-order chi connectivity index (χ1) is 14.6. The van der Waals surface area contributed by atoms with Crippen LogP contribution in [0.25, 0.3) is 0 Å². The van der Waals surface area contributed by atoms with Gasteiger partial charge in [0.25, 0.3) is 0 Å². The molecule has 0 atom stereocenters. The molecule has 0 aliphatic carbocycles. The fraction of sp³-hybridized carbons (Fsp3) is 0.217. The Hall–Kier alpha value is -3.00. The zero-order chi connectivity index (χ0) is 22.2. The lowest BCUT2D eigenvalue weighted by atomic mass is 9.98. The summed E-state index contributed by atoms with van der Waals surface area (Å²) >= 11 is 0. The summed E-state index contributed by atoms with van der Waals surface area (Å²) in [4.78, 5) is 2.37. The molecule has 1 aliphatic rings. The molecule has 0 fully saturated rings. The van der Waals surface area contributed by atoms with Gasteiger partial charge in [0.1, 0.15) is 11.5 Å². The van der Waals surface area contributed by atoms with Gasteiger partial charge in [0, 0.05) is 30.6 Å². The largest absolute Gasteiger partial charge is 0.457 e. The van der Waals surface area contributed by atoms with E-state index in [1.807, 2.05) is 18.2 Å². The highest BCUT2D eigenvalue weighted by atomic mass is 32.2. The average Bonchev–Trinajstić information content (AvgIpc) is 2.73. The van der Waals surface area contributed by atoms with Crippen LogP contribution in [-0.2, 0) is 29.0 Å². The van der Waals surface area contributed by atoms with Crippen LogP contribution in [0.5, 0.6) is 11.5 Å². The van der Waals surface area contributed by atoms with Gasteiger partial charge in [-0.1, -0.05) is 18.2 Å². The van der Waals surface area contributed by atoms with E-state index in [2.05, 4.69) is 4.90 Å². The maximum atomic E-state index is 12.8. The molecule has 1 heterocycles. The van der Waals surface area contributed by atoms with Crippen molar-refractivity contribution in [1.82, 2.24) is 0 Å². The van der Waals surface area contributed by atoms with Gasteiger partial charge in [-0.25, -0.2) is 8.42 Å². The van der Waals surface area contributed by atoms with Crippen LogP contribution in [0.4, 0.5) is 18.9 Å². The molecule has 1 aliphatic heterocycles. The summed E-state index contributed by atoms with van der Waals surface area (Å²) in [5, 5.41) is 0. The van der Waals surface area contributed by atoms with Crippen molar-refractivity contribution in [3.63, 3.8) is 0 Å². The Morgan fingerprint density at radius 1 is 0.968 bits per heavy atom. The van der Waals surface area contributed by atoms with E-state index in [1.165, 1.54) is 18.4 Å². The zero-order valence-corrected chi connectivity index (χ0v) is 17.5. The molecule has 0 aromatic heterocycles. The molecule has 0 saturated carbocycles. The van der Waals surface area contributed by atoms with E-state index in [1.54, 1.807) is 24.3 Å². The smallest absolute Gasteiger partial charge is 0.416 e. The van der Waals surface area contributed by atoms with E-state index in [4.69, 9.17) is 4.74 Å². The maximum absolute atomic E-state index is 12.8. The number of rotatable bonds is 4. The Morgan fingerprint density at radius 2 is 1.68 bits per heavy atom. The molecule has 0 N–H and O–H groups in total. The summed E-state index contributed by atoms with van der Waals surface area (Å²) in [5.74, 6) is 0.950. The van der Waals surface area contributed by atoms with Crippen molar-refractivity contribution in [3.05, 3.63) is 83.4 Å². The second-order valence-corrected chi connectivity index (χ2v) is 9.47. The van der Waals surface area contributed by atoms with Gasteiger partial charge in [-0.3, -0.25) is 0 Å². The monoisotopic (exact) mass is 447 g/mol. The molecule has 3 aromatic rings. The first-order valence-corrected chi connectivity index (χ1v) is 11.5. The Morgan fingerprint density at radius 3 is 2.35 bits per heavy atom. The van der Waals surface area contributed by atoms with Gasteiger partial charge >= 0.3 is 6.18 Å². The number of hydrogen-bond acceptors (Lipinski definition) is 4. The molecule has 162 valence electrons. The third-order valence-corrected chi connectivity index (χ3v) is 6.35. The van der Waals surface area contributed by atoms with Crippen molar-refractivity contribution in [3.8, 4) is 11.5 Å². The fourth-order valence-corrected chi connectivity index (χ4v) is 4.30. The molecule has 0 amide bonds. The fourth-order valence-electron chi connectivity index (χ4n) is 3.64. The maximum Gasteiger partial charge on any atom is 0.416 e. The lowest BCUT2D eigenvalue weighted by Crippen LogP contribution is -2.30. The van der Waals surface area contributed by atoms with Gasteiger partial charge in [0.05, 0.1) is 10.5 Å². The zero-order valence-electron chi connectivity index (χ0n) is 16.7. The van der Waals surface area contributed by atoms with Crippen LogP contribution in [0.1, 0.15) is 16.7 Å². The summed E-state index contributed by atoms with van der Waals surface area (Å²) in [7, 11) is -3.30. The number of anilines is 1. The Bertz CT molecular complexity index is 1210. The first kappa shape index (κ1) is 21.2. The van der Waals surface area contributed by atoms with Gasteiger partial charge < -0.3 is 9.64 Å². The van der Waals surface area contributed by atoms with E-state index in [0.29, 0.717) is 31.0 Å². The highest BCUT2D eigenvalue weighted by molar-refractivity contribution is 7.90. The summed E-state index contributed by atoms with van der Waals surface area (Å²) in [6.07, 6.45) is -2.54. The quantitative estimate of drug-likeness (QED) is 0.533. The van der Waals surface area contributed by atoms with Crippen molar-refractivity contribution in [2.75, 3.05) is 17.7 Å². The third-order valence-electron chi connectivity index (χ3n) is 5.24. The van der Waals surface area contributed by atoms with Crippen LogP contribution in [0.3, 0.4) is 0 Å². The second-order valence-electron chi connectivity index (χ2n) is 7.46. The molecule has 4 nitrogen and oxygen atoms in total. The Labute approximate surface area is 178 Å². The van der Waals surface area contributed by atoms with Crippen LogP contribution < -0.4 is 9.64 Å². The van der Waals surface area contributed by atoms with Gasteiger partial charge in [0.2, 0.25) is 0 Å². The molecule has 0 spiro atoms. The summed E-state index contributed by atoms with van der Waals surface area (Å²) in [6.45, 7) is 1.24. The van der Waals surface area contributed by atoms with E-state index < -0.39 is 21.6 Å². The van der Waals surface area contributed by atoms with Crippen molar-refractivity contribution < 1.29 is 26.3 Å². The Kier molecular flexibility index (Phi) is 5.43. The number of alkyl halides is 3. The predicted octanol–water partition coefficient (Wildman–Crippen LogP) is 5.46. The van der Waals surface area contributed by atoms with Gasteiger partial charge in [0.15, 0.2) is 9.84 Å². The van der Waals surface area contributed by atoms with Crippen molar-refractivity contribution in [1.29, 1.82) is 0 Å². The van der Waals surface area contributed by atoms with E-state index >= 15 is 0 Å². The molecular weight excluding hydrogens is 427 g/mol. The molecule has 4 rings (SSSR count). The van der Waals surface area contributed by atoms with E-state index in [0.717, 1.165) is 28.9 Å². The molecule has 0 saturated heterocycles. The van der Waals surface area contributed by atoms with Crippen LogP contribution in [0, 0.1) is 0 Å². The molecule has 0 radical (unpaired) electrons.